The lowest BCUT2D eigenvalue weighted by molar-refractivity contribution is -0.137. The van der Waals surface area contributed by atoms with Crippen molar-refractivity contribution >= 4 is 28.6 Å². The number of benzodiazepines with no additional fused rings is 1. The first kappa shape index (κ1) is 16.1. The average molecular weight is 345 g/mol. The van der Waals surface area contributed by atoms with Gasteiger partial charge in [0.05, 0.1) is 29.5 Å². The fourth-order valence-electron chi connectivity index (χ4n) is 2.41. The molecular formula is C17H10F3N3S. The van der Waals surface area contributed by atoms with Crippen LogP contribution >= 0.6 is 12.2 Å². The molecule has 2 aromatic carbocycles. The summed E-state index contributed by atoms with van der Waals surface area (Å²) in [6, 6.07) is 11.9. The van der Waals surface area contributed by atoms with Gasteiger partial charge in [-0.05, 0) is 30.3 Å². The zero-order valence-corrected chi connectivity index (χ0v) is 13.0. The van der Waals surface area contributed by atoms with Gasteiger partial charge in [0.1, 0.15) is 4.99 Å². The molecule has 0 fully saturated rings. The summed E-state index contributed by atoms with van der Waals surface area (Å²) in [5.74, 6) is 0. The Hall–Kier alpha value is -2.72. The number of fused-ring (bicyclic) bond motifs is 1. The number of benzene rings is 2. The van der Waals surface area contributed by atoms with Crippen LogP contribution in [-0.4, -0.2) is 17.2 Å². The molecule has 0 atom stereocenters. The second-order valence-corrected chi connectivity index (χ2v) is 5.65. The Labute approximate surface area is 141 Å². The molecule has 0 amide bonds. The summed E-state index contributed by atoms with van der Waals surface area (Å²) in [6.07, 6.45) is -4.38. The van der Waals surface area contributed by atoms with Crippen molar-refractivity contribution in [2.75, 3.05) is 11.9 Å². The molecular weight excluding hydrogens is 335 g/mol. The highest BCUT2D eigenvalue weighted by atomic mass is 32.1. The minimum absolute atomic E-state index is 0.224. The van der Waals surface area contributed by atoms with Crippen LogP contribution in [0.1, 0.15) is 22.3 Å². The smallest absolute Gasteiger partial charge is 0.348 e. The normalized spacial score (nSPS) is 14.1. The molecule has 1 heterocycles. The number of aliphatic imine (C=N–C) groups is 1. The van der Waals surface area contributed by atoms with Gasteiger partial charge in [-0.25, -0.2) is 0 Å². The van der Waals surface area contributed by atoms with Crippen LogP contribution < -0.4 is 5.32 Å². The van der Waals surface area contributed by atoms with Crippen LogP contribution in [0.25, 0.3) is 0 Å². The SMILES string of the molecule is N#Cc1ccc2c(c1)NC(=S)CN=C2c1ccc(C(F)(F)F)cc1. The number of thiocarbonyl (C=S) groups is 1. The summed E-state index contributed by atoms with van der Waals surface area (Å²) in [5, 5.41) is 12.0. The standard InChI is InChI=1S/C17H10F3N3S/c18-17(19,20)12-4-2-11(3-5-12)16-13-6-1-10(8-21)7-14(13)23-15(24)9-22-16/h1-7H,9H2,(H,23,24). The van der Waals surface area contributed by atoms with E-state index < -0.39 is 11.7 Å². The van der Waals surface area contributed by atoms with E-state index in [-0.39, 0.29) is 6.54 Å². The van der Waals surface area contributed by atoms with Crippen LogP contribution in [0.5, 0.6) is 0 Å². The van der Waals surface area contributed by atoms with Crippen molar-refractivity contribution < 1.29 is 13.2 Å². The highest BCUT2D eigenvalue weighted by Gasteiger charge is 2.30. The van der Waals surface area contributed by atoms with Crippen molar-refractivity contribution in [1.82, 2.24) is 0 Å². The fraction of sp³-hybridized carbons (Fsp3) is 0.118. The zero-order chi connectivity index (χ0) is 17.3. The van der Waals surface area contributed by atoms with E-state index in [9.17, 15) is 13.2 Å². The van der Waals surface area contributed by atoms with Crippen molar-refractivity contribution in [3.8, 4) is 6.07 Å². The van der Waals surface area contributed by atoms with Crippen molar-refractivity contribution in [2.24, 2.45) is 4.99 Å². The maximum absolute atomic E-state index is 12.7. The van der Waals surface area contributed by atoms with Gasteiger partial charge >= 0.3 is 6.18 Å². The molecule has 120 valence electrons. The molecule has 1 aliphatic heterocycles. The van der Waals surface area contributed by atoms with E-state index in [1.165, 1.54) is 12.1 Å². The first-order valence-electron chi connectivity index (χ1n) is 6.95. The molecule has 3 nitrogen and oxygen atoms in total. The molecule has 0 unspecified atom stereocenters. The van der Waals surface area contributed by atoms with Gasteiger partial charge in [-0.3, -0.25) is 4.99 Å². The molecule has 0 bridgehead atoms. The van der Waals surface area contributed by atoms with Crippen LogP contribution in [0, 0.1) is 11.3 Å². The largest absolute Gasteiger partial charge is 0.416 e. The second kappa shape index (κ2) is 6.06. The predicted octanol–water partition coefficient (Wildman–Crippen LogP) is 4.17. The quantitative estimate of drug-likeness (QED) is 0.789. The number of nitriles is 1. The third-order valence-electron chi connectivity index (χ3n) is 3.54. The fourth-order valence-corrected chi connectivity index (χ4v) is 2.59. The van der Waals surface area contributed by atoms with Crippen molar-refractivity contribution in [3.05, 3.63) is 64.7 Å². The maximum Gasteiger partial charge on any atom is 0.416 e. The molecule has 3 rings (SSSR count). The number of nitrogens with zero attached hydrogens (tertiary/aromatic N) is 2. The lowest BCUT2D eigenvalue weighted by Crippen LogP contribution is -2.11. The van der Waals surface area contributed by atoms with Crippen molar-refractivity contribution in [1.29, 1.82) is 5.26 Å². The third kappa shape index (κ3) is 3.14. The van der Waals surface area contributed by atoms with Crippen LogP contribution in [0.15, 0.2) is 47.5 Å². The van der Waals surface area contributed by atoms with Crippen LogP contribution in [0.4, 0.5) is 18.9 Å². The van der Waals surface area contributed by atoms with Gasteiger partial charge in [-0.15, -0.1) is 0 Å². The van der Waals surface area contributed by atoms with E-state index in [0.29, 0.717) is 33.1 Å². The molecule has 0 radical (unpaired) electrons. The van der Waals surface area contributed by atoms with Gasteiger partial charge in [0.25, 0.3) is 0 Å². The van der Waals surface area contributed by atoms with E-state index in [2.05, 4.69) is 10.3 Å². The van der Waals surface area contributed by atoms with Crippen LogP contribution in [0.3, 0.4) is 0 Å². The number of rotatable bonds is 1. The van der Waals surface area contributed by atoms with Gasteiger partial charge in [-0.1, -0.05) is 24.4 Å². The van der Waals surface area contributed by atoms with Crippen molar-refractivity contribution in [2.45, 2.75) is 6.18 Å². The van der Waals surface area contributed by atoms with E-state index >= 15 is 0 Å². The number of hydrogen-bond donors (Lipinski definition) is 1. The number of nitrogens with one attached hydrogen (secondary N) is 1. The number of anilines is 1. The molecule has 0 aromatic heterocycles. The Morgan fingerprint density at radius 2 is 1.83 bits per heavy atom. The van der Waals surface area contributed by atoms with E-state index in [4.69, 9.17) is 17.5 Å². The minimum atomic E-state index is -4.38. The summed E-state index contributed by atoms with van der Waals surface area (Å²) in [6.45, 7) is 0.224. The summed E-state index contributed by atoms with van der Waals surface area (Å²) in [4.78, 5) is 4.89. The zero-order valence-electron chi connectivity index (χ0n) is 12.2. The lowest BCUT2D eigenvalue weighted by atomic mass is 9.98. The first-order valence-corrected chi connectivity index (χ1v) is 7.36. The molecule has 1 aliphatic rings. The first-order chi connectivity index (χ1) is 11.4. The Morgan fingerprint density at radius 3 is 2.46 bits per heavy atom. The molecule has 1 N–H and O–H groups in total. The molecule has 0 aliphatic carbocycles. The van der Waals surface area contributed by atoms with Crippen molar-refractivity contribution in [3.63, 3.8) is 0 Å². The Bertz CT molecular complexity index is 877. The lowest BCUT2D eigenvalue weighted by Gasteiger charge is -2.12. The number of alkyl halides is 3. The summed E-state index contributed by atoms with van der Waals surface area (Å²) >= 11 is 5.17. The van der Waals surface area contributed by atoms with E-state index in [1.807, 2.05) is 6.07 Å². The van der Waals surface area contributed by atoms with Gasteiger partial charge in [0, 0.05) is 16.8 Å². The van der Waals surface area contributed by atoms with Crippen LogP contribution in [0.2, 0.25) is 0 Å². The molecule has 0 spiro atoms. The topological polar surface area (TPSA) is 48.2 Å². The van der Waals surface area contributed by atoms with Gasteiger partial charge < -0.3 is 5.32 Å². The number of halogens is 3. The highest BCUT2D eigenvalue weighted by molar-refractivity contribution is 7.80. The Kier molecular flexibility index (Phi) is 4.08. The molecule has 0 saturated carbocycles. The van der Waals surface area contributed by atoms with E-state index in [0.717, 1.165) is 12.1 Å². The monoisotopic (exact) mass is 345 g/mol. The van der Waals surface area contributed by atoms with Gasteiger partial charge in [-0.2, -0.15) is 18.4 Å². The van der Waals surface area contributed by atoms with Crippen LogP contribution in [-0.2, 0) is 6.18 Å². The molecule has 0 saturated heterocycles. The molecule has 2 aromatic rings. The van der Waals surface area contributed by atoms with Gasteiger partial charge in [0.2, 0.25) is 0 Å². The highest BCUT2D eigenvalue weighted by Crippen LogP contribution is 2.30. The Balaban J connectivity index is 2.08. The van der Waals surface area contributed by atoms with E-state index in [1.54, 1.807) is 18.2 Å². The minimum Gasteiger partial charge on any atom is -0.348 e. The second-order valence-electron chi connectivity index (χ2n) is 5.16. The Morgan fingerprint density at radius 1 is 1.12 bits per heavy atom. The number of hydrogen-bond acceptors (Lipinski definition) is 3. The molecule has 7 heteroatoms. The summed E-state index contributed by atoms with van der Waals surface area (Å²) in [7, 11) is 0. The average Bonchev–Trinajstić information content (AvgIpc) is 2.71. The third-order valence-corrected chi connectivity index (χ3v) is 3.78. The predicted molar refractivity (Wildman–Crippen MR) is 89.3 cm³/mol. The van der Waals surface area contributed by atoms with Gasteiger partial charge in [0.15, 0.2) is 0 Å². The maximum atomic E-state index is 12.7. The summed E-state index contributed by atoms with van der Waals surface area (Å²) < 4.78 is 38.1. The molecule has 24 heavy (non-hydrogen) atoms. The summed E-state index contributed by atoms with van der Waals surface area (Å²) in [5.41, 5.74) is 2.15.